The lowest BCUT2D eigenvalue weighted by Crippen LogP contribution is -2.40. The third kappa shape index (κ3) is 3.07. The largest absolute Gasteiger partial charge is 0.366 e. The van der Waals surface area contributed by atoms with Gasteiger partial charge in [0.05, 0.1) is 17.3 Å². The molecule has 0 aromatic carbocycles. The highest BCUT2D eigenvalue weighted by Gasteiger charge is 2.25. The normalized spacial score (nSPS) is 13.3. The fourth-order valence-corrected chi connectivity index (χ4v) is 2.59. The number of pyridine rings is 1. The number of carbonyl (C=O) groups excluding carboxylic acids is 1. The Morgan fingerprint density at radius 3 is 2.22 bits per heavy atom. The molecule has 18 heavy (non-hydrogen) atoms. The molecular weight excluding hydrogens is 226 g/mol. The monoisotopic (exact) mass is 249 g/mol. The van der Waals surface area contributed by atoms with Crippen molar-refractivity contribution in [2.24, 2.45) is 5.73 Å². The number of rotatable bonds is 5. The first-order valence-electron chi connectivity index (χ1n) is 6.38. The second-order valence-electron chi connectivity index (χ2n) is 5.11. The number of carbonyl (C=O) groups is 1. The molecule has 0 aliphatic carbocycles. The van der Waals surface area contributed by atoms with Crippen molar-refractivity contribution in [3.8, 4) is 0 Å². The molecule has 0 saturated heterocycles. The van der Waals surface area contributed by atoms with E-state index in [2.05, 4.69) is 44.5 Å². The molecule has 1 aromatic heterocycles. The first kappa shape index (κ1) is 14.6. The van der Waals surface area contributed by atoms with Crippen molar-refractivity contribution in [3.63, 3.8) is 0 Å². The number of hydrogen-bond donors (Lipinski definition) is 1. The lowest BCUT2D eigenvalue weighted by molar-refractivity contribution is 0.0981. The highest BCUT2D eigenvalue weighted by atomic mass is 16.1. The molecule has 0 fully saturated rings. The molecule has 4 heteroatoms. The van der Waals surface area contributed by atoms with Crippen LogP contribution >= 0.6 is 0 Å². The molecule has 1 atom stereocenters. The van der Waals surface area contributed by atoms with Gasteiger partial charge in [-0.15, -0.1) is 0 Å². The van der Waals surface area contributed by atoms with Crippen molar-refractivity contribution in [1.82, 2.24) is 9.88 Å². The van der Waals surface area contributed by atoms with E-state index in [1.165, 1.54) is 0 Å². The minimum absolute atomic E-state index is 0.0636. The highest BCUT2D eigenvalue weighted by molar-refractivity contribution is 5.93. The Morgan fingerprint density at radius 2 is 1.78 bits per heavy atom. The molecular formula is C14H23N3O. The molecule has 0 aliphatic heterocycles. The van der Waals surface area contributed by atoms with Crippen molar-refractivity contribution in [1.29, 1.82) is 0 Å². The van der Waals surface area contributed by atoms with Gasteiger partial charge in [0.25, 0.3) is 5.91 Å². The van der Waals surface area contributed by atoms with E-state index in [-0.39, 0.29) is 6.04 Å². The number of amides is 1. The Labute approximate surface area is 109 Å². The maximum absolute atomic E-state index is 11.5. The van der Waals surface area contributed by atoms with E-state index in [4.69, 9.17) is 5.73 Å². The molecule has 1 heterocycles. The predicted octanol–water partition coefficient (Wildman–Crippen LogP) is 2.36. The Bertz CT molecular complexity index is 407. The van der Waals surface area contributed by atoms with E-state index in [1.807, 2.05) is 0 Å². The van der Waals surface area contributed by atoms with Crippen LogP contribution in [0.15, 0.2) is 18.3 Å². The molecule has 4 nitrogen and oxygen atoms in total. The quantitative estimate of drug-likeness (QED) is 0.871. The van der Waals surface area contributed by atoms with Crippen LogP contribution in [0.2, 0.25) is 0 Å². The van der Waals surface area contributed by atoms with Gasteiger partial charge in [0.2, 0.25) is 0 Å². The summed E-state index contributed by atoms with van der Waals surface area (Å²) in [6.45, 7) is 10.6. The second-order valence-corrected chi connectivity index (χ2v) is 5.11. The lowest BCUT2D eigenvalue weighted by atomic mass is 10.0. The van der Waals surface area contributed by atoms with Crippen molar-refractivity contribution in [2.45, 2.75) is 52.7 Å². The predicted molar refractivity (Wildman–Crippen MR) is 73.3 cm³/mol. The van der Waals surface area contributed by atoms with Gasteiger partial charge in [-0.2, -0.15) is 0 Å². The molecule has 0 spiro atoms. The molecule has 1 unspecified atom stereocenters. The molecule has 0 bridgehead atoms. The molecule has 2 N–H and O–H groups in total. The molecule has 0 aliphatic rings. The van der Waals surface area contributed by atoms with Gasteiger partial charge in [0.15, 0.2) is 0 Å². The molecule has 1 rings (SSSR count). The number of hydrogen-bond acceptors (Lipinski definition) is 3. The maximum Gasteiger partial charge on any atom is 0.250 e. The molecule has 0 radical (unpaired) electrons. The van der Waals surface area contributed by atoms with Gasteiger partial charge in [-0.05, 0) is 46.8 Å². The van der Waals surface area contributed by atoms with Gasteiger partial charge < -0.3 is 5.73 Å². The Balaban J connectivity index is 3.16. The second kappa shape index (κ2) is 5.96. The van der Waals surface area contributed by atoms with Crippen LogP contribution in [0.25, 0.3) is 0 Å². The first-order chi connectivity index (χ1) is 8.36. The van der Waals surface area contributed by atoms with Crippen LogP contribution in [-0.2, 0) is 0 Å². The summed E-state index contributed by atoms with van der Waals surface area (Å²) in [6.07, 6.45) is 1.71. The highest BCUT2D eigenvalue weighted by Crippen LogP contribution is 2.25. The van der Waals surface area contributed by atoms with Gasteiger partial charge >= 0.3 is 0 Å². The standard InChI is InChI=1S/C14H23N3O/c1-9(2)17(10(3)4)11(5)13-12(14(15)18)7-6-8-16-13/h6-11H,1-5H3,(H2,15,18). The van der Waals surface area contributed by atoms with Crippen LogP contribution in [0.3, 0.4) is 0 Å². The summed E-state index contributed by atoms with van der Waals surface area (Å²) >= 11 is 0. The number of nitrogens with two attached hydrogens (primary N) is 1. The number of primary amides is 1. The SMILES string of the molecule is CC(C)N(C(C)C)C(C)c1ncccc1C(N)=O. The molecule has 0 saturated carbocycles. The number of aromatic nitrogens is 1. The van der Waals surface area contributed by atoms with Crippen molar-refractivity contribution in [3.05, 3.63) is 29.6 Å². The summed E-state index contributed by atoms with van der Waals surface area (Å²) in [7, 11) is 0. The molecule has 100 valence electrons. The zero-order valence-corrected chi connectivity index (χ0v) is 11.8. The van der Waals surface area contributed by atoms with Gasteiger partial charge in [-0.25, -0.2) is 0 Å². The summed E-state index contributed by atoms with van der Waals surface area (Å²) in [5.41, 5.74) is 6.67. The van der Waals surface area contributed by atoms with Crippen molar-refractivity contribution < 1.29 is 4.79 Å². The van der Waals surface area contributed by atoms with Gasteiger partial charge in [0, 0.05) is 18.3 Å². The Hall–Kier alpha value is -1.42. The van der Waals surface area contributed by atoms with Crippen LogP contribution in [0.1, 0.15) is 56.7 Å². The van der Waals surface area contributed by atoms with Crippen molar-refractivity contribution in [2.75, 3.05) is 0 Å². The third-order valence-electron chi connectivity index (χ3n) is 3.14. The average molecular weight is 249 g/mol. The van der Waals surface area contributed by atoms with Gasteiger partial charge in [-0.3, -0.25) is 14.7 Å². The van der Waals surface area contributed by atoms with E-state index < -0.39 is 5.91 Å². The fourth-order valence-electron chi connectivity index (χ4n) is 2.59. The van der Waals surface area contributed by atoms with Gasteiger partial charge in [-0.1, -0.05) is 0 Å². The van der Waals surface area contributed by atoms with Crippen LogP contribution in [0, 0.1) is 0 Å². The van der Waals surface area contributed by atoms with E-state index >= 15 is 0 Å². The summed E-state index contributed by atoms with van der Waals surface area (Å²) in [4.78, 5) is 18.1. The first-order valence-corrected chi connectivity index (χ1v) is 6.38. The minimum Gasteiger partial charge on any atom is -0.366 e. The summed E-state index contributed by atoms with van der Waals surface area (Å²) in [6, 6.07) is 4.30. The third-order valence-corrected chi connectivity index (χ3v) is 3.14. The van der Waals surface area contributed by atoms with E-state index in [0.717, 1.165) is 5.69 Å². The summed E-state index contributed by atoms with van der Waals surface area (Å²) in [5, 5.41) is 0. The Kier molecular flexibility index (Phi) is 4.84. The van der Waals surface area contributed by atoms with Crippen LogP contribution < -0.4 is 5.73 Å². The van der Waals surface area contributed by atoms with E-state index in [0.29, 0.717) is 17.6 Å². The van der Waals surface area contributed by atoms with Crippen LogP contribution in [0.5, 0.6) is 0 Å². The van der Waals surface area contributed by atoms with E-state index in [9.17, 15) is 4.79 Å². The lowest BCUT2D eigenvalue weighted by Gasteiger charge is -2.36. The zero-order chi connectivity index (χ0) is 13.9. The molecule has 1 amide bonds. The smallest absolute Gasteiger partial charge is 0.250 e. The van der Waals surface area contributed by atoms with Gasteiger partial charge in [0.1, 0.15) is 0 Å². The fraction of sp³-hybridized carbons (Fsp3) is 0.571. The zero-order valence-electron chi connectivity index (χ0n) is 11.8. The van der Waals surface area contributed by atoms with Crippen molar-refractivity contribution >= 4 is 5.91 Å². The topological polar surface area (TPSA) is 59.2 Å². The van der Waals surface area contributed by atoms with Crippen LogP contribution in [-0.4, -0.2) is 27.9 Å². The maximum atomic E-state index is 11.5. The van der Waals surface area contributed by atoms with Crippen LogP contribution in [0.4, 0.5) is 0 Å². The summed E-state index contributed by atoms with van der Waals surface area (Å²) < 4.78 is 0. The number of nitrogens with zero attached hydrogens (tertiary/aromatic N) is 2. The molecule has 1 aromatic rings. The van der Waals surface area contributed by atoms with E-state index in [1.54, 1.807) is 18.3 Å². The minimum atomic E-state index is -0.419. The average Bonchev–Trinajstić information content (AvgIpc) is 2.27. The Morgan fingerprint density at radius 1 is 1.22 bits per heavy atom. The summed E-state index contributed by atoms with van der Waals surface area (Å²) in [5.74, 6) is -0.419.